The van der Waals surface area contributed by atoms with Crippen LogP contribution in [0.25, 0.3) is 11.4 Å². The zero-order valence-corrected chi connectivity index (χ0v) is 14.9. The number of anilines is 2. The number of methoxy groups -OCH3 is 1. The number of benzene rings is 2. The number of aromatic nitrogens is 2. The molecule has 0 unspecified atom stereocenters. The van der Waals surface area contributed by atoms with Gasteiger partial charge in [-0.2, -0.15) is 4.98 Å². The minimum atomic E-state index is -0.306. The molecule has 0 spiro atoms. The number of amides is 2. The smallest absolute Gasteiger partial charge is 0.236 e. The van der Waals surface area contributed by atoms with Gasteiger partial charge in [0.05, 0.1) is 7.11 Å². The summed E-state index contributed by atoms with van der Waals surface area (Å²) < 4.78 is 10.3. The molecule has 2 amide bonds. The molecule has 2 aromatic carbocycles. The third-order valence-electron chi connectivity index (χ3n) is 3.59. The fourth-order valence-electron chi connectivity index (χ4n) is 2.40. The van der Waals surface area contributed by atoms with Gasteiger partial charge in [-0.15, -0.1) is 0 Å². The Hall–Kier alpha value is -3.68. The Kier molecular flexibility index (Phi) is 5.46. The summed E-state index contributed by atoms with van der Waals surface area (Å²) in [5, 5.41) is 9.29. The van der Waals surface area contributed by atoms with Crippen molar-refractivity contribution in [2.24, 2.45) is 0 Å². The Balaban J connectivity index is 1.63. The number of nitrogens with zero attached hydrogens (tertiary/aromatic N) is 2. The molecule has 2 N–H and O–H groups in total. The summed E-state index contributed by atoms with van der Waals surface area (Å²) in [6.07, 6.45) is -0.0620. The maximum Gasteiger partial charge on any atom is 0.236 e. The molecule has 3 aromatic rings. The predicted molar refractivity (Wildman–Crippen MR) is 99.4 cm³/mol. The summed E-state index contributed by atoms with van der Waals surface area (Å²) in [5.74, 6) is 0.836. The lowest BCUT2D eigenvalue weighted by molar-refractivity contribution is -0.116. The minimum Gasteiger partial charge on any atom is -0.497 e. The Morgan fingerprint density at radius 1 is 1.07 bits per heavy atom. The van der Waals surface area contributed by atoms with E-state index in [4.69, 9.17) is 9.26 Å². The first-order chi connectivity index (χ1) is 13.0. The average molecular weight is 366 g/mol. The van der Waals surface area contributed by atoms with Gasteiger partial charge < -0.3 is 19.9 Å². The lowest BCUT2D eigenvalue weighted by Gasteiger charge is -2.06. The van der Waals surface area contributed by atoms with Crippen molar-refractivity contribution in [3.05, 3.63) is 54.4 Å². The largest absolute Gasteiger partial charge is 0.497 e. The molecule has 1 aromatic heterocycles. The van der Waals surface area contributed by atoms with Crippen molar-refractivity contribution in [3.8, 4) is 17.1 Å². The lowest BCUT2D eigenvalue weighted by atomic mass is 10.2. The SMILES string of the molecule is COc1ccc(-c2noc(CC(=O)Nc3cccc(NC(C)=O)c3)n2)cc1. The predicted octanol–water partition coefficient (Wildman–Crippen LogP) is 2.88. The first kappa shape index (κ1) is 18.1. The van der Waals surface area contributed by atoms with Gasteiger partial charge in [0.1, 0.15) is 12.2 Å². The van der Waals surface area contributed by atoms with Crippen molar-refractivity contribution in [1.29, 1.82) is 0 Å². The fourth-order valence-corrected chi connectivity index (χ4v) is 2.40. The second-order valence-corrected chi connectivity index (χ2v) is 5.73. The van der Waals surface area contributed by atoms with Crippen molar-refractivity contribution in [2.45, 2.75) is 13.3 Å². The van der Waals surface area contributed by atoms with Crippen LogP contribution in [-0.2, 0) is 16.0 Å². The molecule has 1 heterocycles. The quantitative estimate of drug-likeness (QED) is 0.695. The molecule has 3 rings (SSSR count). The van der Waals surface area contributed by atoms with E-state index in [-0.39, 0.29) is 24.1 Å². The van der Waals surface area contributed by atoms with Crippen molar-refractivity contribution in [1.82, 2.24) is 10.1 Å². The van der Waals surface area contributed by atoms with Crippen LogP contribution < -0.4 is 15.4 Å². The van der Waals surface area contributed by atoms with Crippen LogP contribution in [0, 0.1) is 0 Å². The van der Waals surface area contributed by atoms with Crippen LogP contribution in [-0.4, -0.2) is 29.1 Å². The van der Waals surface area contributed by atoms with Gasteiger partial charge in [0, 0.05) is 23.9 Å². The Morgan fingerprint density at radius 2 is 1.78 bits per heavy atom. The summed E-state index contributed by atoms with van der Waals surface area (Å²) in [6, 6.07) is 14.0. The van der Waals surface area contributed by atoms with Crippen molar-refractivity contribution >= 4 is 23.2 Å². The summed E-state index contributed by atoms with van der Waals surface area (Å²) in [6.45, 7) is 1.42. The highest BCUT2D eigenvalue weighted by Gasteiger charge is 2.13. The van der Waals surface area contributed by atoms with Crippen molar-refractivity contribution in [3.63, 3.8) is 0 Å². The molecule has 0 saturated heterocycles. The molecule has 138 valence electrons. The van der Waals surface area contributed by atoms with E-state index in [2.05, 4.69) is 20.8 Å². The van der Waals surface area contributed by atoms with Gasteiger partial charge in [0.2, 0.25) is 23.5 Å². The van der Waals surface area contributed by atoms with Crippen LogP contribution in [0.1, 0.15) is 12.8 Å². The van der Waals surface area contributed by atoms with Gasteiger partial charge in [-0.1, -0.05) is 11.2 Å². The van der Waals surface area contributed by atoms with Crippen LogP contribution in [0.2, 0.25) is 0 Å². The molecule has 0 saturated carbocycles. The van der Waals surface area contributed by atoms with Gasteiger partial charge in [0.25, 0.3) is 0 Å². The summed E-state index contributed by atoms with van der Waals surface area (Å²) in [4.78, 5) is 27.5. The number of carbonyl (C=O) groups excluding carboxylic acids is 2. The number of carbonyl (C=O) groups is 2. The Labute approximate surface area is 155 Å². The molecule has 0 aliphatic carbocycles. The number of hydrogen-bond donors (Lipinski definition) is 2. The number of nitrogens with one attached hydrogen (secondary N) is 2. The Morgan fingerprint density at radius 3 is 2.44 bits per heavy atom. The van der Waals surface area contributed by atoms with Crippen LogP contribution >= 0.6 is 0 Å². The lowest BCUT2D eigenvalue weighted by Crippen LogP contribution is -2.15. The standard InChI is InChI=1S/C19H18N4O4/c1-12(24)20-14-4-3-5-15(10-14)21-17(25)11-18-22-19(23-27-18)13-6-8-16(26-2)9-7-13/h3-10H,11H2,1-2H3,(H,20,24)(H,21,25). The minimum absolute atomic E-state index is 0.0620. The van der Waals surface area contributed by atoms with E-state index in [0.717, 1.165) is 11.3 Å². The first-order valence-electron chi connectivity index (χ1n) is 8.18. The first-order valence-corrected chi connectivity index (χ1v) is 8.18. The molecule has 0 atom stereocenters. The van der Waals surface area contributed by atoms with Crippen LogP contribution in [0.15, 0.2) is 53.1 Å². The third kappa shape index (κ3) is 4.91. The zero-order valence-electron chi connectivity index (χ0n) is 14.9. The molecule has 8 nitrogen and oxygen atoms in total. The van der Waals surface area contributed by atoms with Crippen molar-refractivity contribution in [2.75, 3.05) is 17.7 Å². The van der Waals surface area contributed by atoms with E-state index in [0.29, 0.717) is 17.2 Å². The van der Waals surface area contributed by atoms with E-state index in [1.54, 1.807) is 55.6 Å². The molecule has 0 fully saturated rings. The molecule has 0 aliphatic rings. The molecule has 0 bridgehead atoms. The molecular formula is C19H18N4O4. The fraction of sp³-hybridized carbons (Fsp3) is 0.158. The summed E-state index contributed by atoms with van der Waals surface area (Å²) in [7, 11) is 1.59. The third-order valence-corrected chi connectivity index (χ3v) is 3.59. The van der Waals surface area contributed by atoms with Crippen molar-refractivity contribution < 1.29 is 18.8 Å². The topological polar surface area (TPSA) is 106 Å². The Bertz CT molecular complexity index is 950. The number of ether oxygens (including phenoxy) is 1. The highest BCUT2D eigenvalue weighted by Crippen LogP contribution is 2.20. The summed E-state index contributed by atoms with van der Waals surface area (Å²) >= 11 is 0. The monoisotopic (exact) mass is 366 g/mol. The van der Waals surface area contributed by atoms with Gasteiger partial charge in [0.15, 0.2) is 0 Å². The highest BCUT2D eigenvalue weighted by atomic mass is 16.5. The van der Waals surface area contributed by atoms with Gasteiger partial charge >= 0.3 is 0 Å². The van der Waals surface area contributed by atoms with E-state index < -0.39 is 0 Å². The molecule has 0 radical (unpaired) electrons. The van der Waals surface area contributed by atoms with Crippen LogP contribution in [0.3, 0.4) is 0 Å². The van der Waals surface area contributed by atoms with E-state index in [1.807, 2.05) is 0 Å². The van der Waals surface area contributed by atoms with E-state index in [9.17, 15) is 9.59 Å². The van der Waals surface area contributed by atoms with Crippen LogP contribution in [0.5, 0.6) is 5.75 Å². The van der Waals surface area contributed by atoms with E-state index in [1.165, 1.54) is 6.92 Å². The second-order valence-electron chi connectivity index (χ2n) is 5.73. The zero-order chi connectivity index (χ0) is 19.2. The van der Waals surface area contributed by atoms with Crippen LogP contribution in [0.4, 0.5) is 11.4 Å². The van der Waals surface area contributed by atoms with Gasteiger partial charge in [-0.05, 0) is 42.5 Å². The number of rotatable bonds is 6. The average Bonchev–Trinajstić information content (AvgIpc) is 3.09. The number of hydrogen-bond acceptors (Lipinski definition) is 6. The molecule has 0 aliphatic heterocycles. The highest BCUT2D eigenvalue weighted by molar-refractivity contribution is 5.93. The summed E-state index contributed by atoms with van der Waals surface area (Å²) in [5.41, 5.74) is 1.91. The molecule has 27 heavy (non-hydrogen) atoms. The molecule has 8 heteroatoms. The molecular weight excluding hydrogens is 348 g/mol. The van der Waals surface area contributed by atoms with E-state index >= 15 is 0 Å². The van der Waals surface area contributed by atoms with Gasteiger partial charge in [-0.25, -0.2) is 0 Å². The normalized spacial score (nSPS) is 10.3. The maximum absolute atomic E-state index is 12.2. The second kappa shape index (κ2) is 8.13. The maximum atomic E-state index is 12.2. The van der Waals surface area contributed by atoms with Gasteiger partial charge in [-0.3, -0.25) is 9.59 Å².